The first-order valence-electron chi connectivity index (χ1n) is 3.89. The number of nitrogens with zero attached hydrogens (tertiary/aromatic N) is 1. The van der Waals surface area contributed by atoms with Crippen LogP contribution in [0.3, 0.4) is 0 Å². The molecule has 0 aromatic carbocycles. The Bertz CT molecular complexity index is 363. The number of anilines is 1. The number of aromatic nitrogens is 2. The summed E-state index contributed by atoms with van der Waals surface area (Å²) in [5.74, 6) is 0.170. The molecule has 1 amide bonds. The number of carbonyl (C=O) groups excluding carboxylic acids is 1. The van der Waals surface area contributed by atoms with E-state index < -0.39 is 11.6 Å². The van der Waals surface area contributed by atoms with Crippen molar-refractivity contribution >= 4 is 11.8 Å². The van der Waals surface area contributed by atoms with Gasteiger partial charge < -0.3 is 11.1 Å². The first-order chi connectivity index (χ1) is 6.00. The molecule has 0 aliphatic rings. The molecule has 0 unspecified atom stereocenters. The molecule has 0 fully saturated rings. The number of H-pyrrole nitrogens is 1. The van der Waals surface area contributed by atoms with Crippen LogP contribution in [-0.4, -0.2) is 21.9 Å². The van der Waals surface area contributed by atoms with Crippen molar-refractivity contribution in [2.75, 3.05) is 5.73 Å². The Hall–Kier alpha value is -1.72. The maximum atomic E-state index is 11.3. The van der Waals surface area contributed by atoms with Crippen LogP contribution in [0, 0.1) is 0 Å². The molecule has 6 nitrogen and oxygen atoms in total. The number of nitrogens with two attached hydrogens (primary N) is 1. The Labute approximate surface area is 74.7 Å². The highest BCUT2D eigenvalue weighted by molar-refractivity contribution is 5.76. The SMILES string of the molecule is CC(C)NC(=O)n1[nH]c(N)cc1=O. The Morgan fingerprint density at radius 1 is 1.69 bits per heavy atom. The fourth-order valence-electron chi connectivity index (χ4n) is 0.876. The average Bonchev–Trinajstić information content (AvgIpc) is 2.28. The summed E-state index contributed by atoms with van der Waals surface area (Å²) in [5.41, 5.74) is 4.83. The van der Waals surface area contributed by atoms with Crippen LogP contribution in [0.5, 0.6) is 0 Å². The zero-order valence-electron chi connectivity index (χ0n) is 7.50. The van der Waals surface area contributed by atoms with Crippen molar-refractivity contribution < 1.29 is 4.79 Å². The van der Waals surface area contributed by atoms with E-state index in [1.807, 2.05) is 0 Å². The molecule has 1 aromatic heterocycles. The lowest BCUT2D eigenvalue weighted by Crippen LogP contribution is -2.38. The number of aromatic amines is 1. The molecule has 1 rings (SSSR count). The molecule has 0 radical (unpaired) electrons. The Balaban J connectivity index is 2.89. The van der Waals surface area contributed by atoms with Crippen molar-refractivity contribution in [3.05, 3.63) is 16.4 Å². The monoisotopic (exact) mass is 184 g/mol. The lowest BCUT2D eigenvalue weighted by atomic mass is 10.4. The minimum Gasteiger partial charge on any atom is -0.384 e. The molecular weight excluding hydrogens is 172 g/mol. The van der Waals surface area contributed by atoms with Gasteiger partial charge in [-0.15, -0.1) is 0 Å². The van der Waals surface area contributed by atoms with Gasteiger partial charge in [-0.05, 0) is 13.8 Å². The number of hydrogen-bond acceptors (Lipinski definition) is 3. The van der Waals surface area contributed by atoms with Crippen LogP contribution in [0.15, 0.2) is 10.9 Å². The van der Waals surface area contributed by atoms with Crippen LogP contribution in [0.4, 0.5) is 10.6 Å². The van der Waals surface area contributed by atoms with E-state index in [1.165, 1.54) is 0 Å². The first-order valence-corrected chi connectivity index (χ1v) is 3.89. The molecule has 4 N–H and O–H groups in total. The van der Waals surface area contributed by atoms with E-state index >= 15 is 0 Å². The minimum atomic E-state index is -0.503. The molecule has 0 bridgehead atoms. The smallest absolute Gasteiger partial charge is 0.343 e. The third kappa shape index (κ3) is 2.11. The highest BCUT2D eigenvalue weighted by atomic mass is 16.2. The van der Waals surface area contributed by atoms with Gasteiger partial charge in [0.15, 0.2) is 0 Å². The van der Waals surface area contributed by atoms with E-state index in [9.17, 15) is 9.59 Å². The second-order valence-electron chi connectivity index (χ2n) is 2.99. The summed E-state index contributed by atoms with van der Waals surface area (Å²) in [6, 6.07) is 0.625. The topological polar surface area (TPSA) is 92.9 Å². The lowest BCUT2D eigenvalue weighted by molar-refractivity contribution is 0.236. The second kappa shape index (κ2) is 3.34. The molecule has 6 heteroatoms. The summed E-state index contributed by atoms with van der Waals surface area (Å²) in [4.78, 5) is 22.3. The van der Waals surface area contributed by atoms with Gasteiger partial charge >= 0.3 is 6.03 Å². The molecule has 0 aliphatic heterocycles. The number of nitrogens with one attached hydrogen (secondary N) is 2. The van der Waals surface area contributed by atoms with Crippen molar-refractivity contribution in [3.63, 3.8) is 0 Å². The summed E-state index contributed by atoms with van der Waals surface area (Å²) in [7, 11) is 0. The van der Waals surface area contributed by atoms with E-state index in [4.69, 9.17) is 5.73 Å². The molecular formula is C7H12N4O2. The fourth-order valence-corrected chi connectivity index (χ4v) is 0.876. The Morgan fingerprint density at radius 2 is 2.31 bits per heavy atom. The van der Waals surface area contributed by atoms with Gasteiger partial charge in [0, 0.05) is 12.1 Å². The molecule has 0 aliphatic carbocycles. The summed E-state index contributed by atoms with van der Waals surface area (Å²) in [5, 5.41) is 4.97. The van der Waals surface area contributed by atoms with Crippen LogP contribution < -0.4 is 16.6 Å². The minimum absolute atomic E-state index is 0.0241. The maximum Gasteiger partial charge on any atom is 0.343 e. The van der Waals surface area contributed by atoms with E-state index in [2.05, 4.69) is 10.4 Å². The number of rotatable bonds is 1. The van der Waals surface area contributed by atoms with Gasteiger partial charge in [-0.3, -0.25) is 9.89 Å². The highest BCUT2D eigenvalue weighted by Gasteiger charge is 2.09. The quantitative estimate of drug-likeness (QED) is 0.560. The zero-order valence-corrected chi connectivity index (χ0v) is 7.50. The maximum absolute atomic E-state index is 11.3. The van der Waals surface area contributed by atoms with Gasteiger partial charge in [-0.25, -0.2) is 4.79 Å². The van der Waals surface area contributed by atoms with Gasteiger partial charge in [-0.1, -0.05) is 0 Å². The Kier molecular flexibility index (Phi) is 2.41. The van der Waals surface area contributed by atoms with Gasteiger partial charge in [-0.2, -0.15) is 4.68 Å². The number of amides is 1. The van der Waals surface area contributed by atoms with E-state index in [0.29, 0.717) is 0 Å². The normalized spacial score (nSPS) is 10.4. The second-order valence-corrected chi connectivity index (χ2v) is 2.99. The third-order valence-electron chi connectivity index (χ3n) is 1.36. The van der Waals surface area contributed by atoms with Crippen LogP contribution in [0.2, 0.25) is 0 Å². The van der Waals surface area contributed by atoms with E-state index in [-0.39, 0.29) is 11.9 Å². The molecule has 13 heavy (non-hydrogen) atoms. The summed E-state index contributed by atoms with van der Waals surface area (Å²) >= 11 is 0. The van der Waals surface area contributed by atoms with Crippen molar-refractivity contribution in [3.8, 4) is 0 Å². The van der Waals surface area contributed by atoms with Gasteiger partial charge in [0.25, 0.3) is 5.56 Å². The molecule has 72 valence electrons. The van der Waals surface area contributed by atoms with Crippen LogP contribution in [-0.2, 0) is 0 Å². The summed E-state index contributed by atoms with van der Waals surface area (Å²) in [6.07, 6.45) is 0. The molecule has 0 spiro atoms. The first kappa shape index (κ1) is 9.37. The predicted molar refractivity (Wildman–Crippen MR) is 48.5 cm³/mol. The largest absolute Gasteiger partial charge is 0.384 e. The molecule has 1 heterocycles. The Morgan fingerprint density at radius 3 is 2.69 bits per heavy atom. The van der Waals surface area contributed by atoms with Gasteiger partial charge in [0.2, 0.25) is 0 Å². The van der Waals surface area contributed by atoms with Gasteiger partial charge in [0.1, 0.15) is 5.82 Å². The van der Waals surface area contributed by atoms with E-state index in [0.717, 1.165) is 10.7 Å². The van der Waals surface area contributed by atoms with Crippen molar-refractivity contribution in [1.29, 1.82) is 0 Å². The zero-order chi connectivity index (χ0) is 10.0. The number of carbonyl (C=O) groups is 1. The molecule has 0 atom stereocenters. The average molecular weight is 184 g/mol. The van der Waals surface area contributed by atoms with E-state index in [1.54, 1.807) is 13.8 Å². The van der Waals surface area contributed by atoms with Crippen molar-refractivity contribution in [1.82, 2.24) is 15.1 Å². The van der Waals surface area contributed by atoms with Crippen LogP contribution in [0.1, 0.15) is 13.8 Å². The molecule has 1 aromatic rings. The summed E-state index contributed by atoms with van der Waals surface area (Å²) < 4.78 is 0.829. The summed E-state index contributed by atoms with van der Waals surface area (Å²) in [6.45, 7) is 3.60. The third-order valence-corrected chi connectivity index (χ3v) is 1.36. The van der Waals surface area contributed by atoms with Gasteiger partial charge in [0.05, 0.1) is 0 Å². The highest BCUT2D eigenvalue weighted by Crippen LogP contribution is 1.89. The standard InChI is InChI=1S/C7H12N4O2/c1-4(2)9-7(13)11-6(12)3-5(8)10-11/h3-4,10H,8H2,1-2H3,(H,9,13). The fraction of sp³-hybridized carbons (Fsp3) is 0.429. The predicted octanol–water partition coefficient (Wildman–Crippen LogP) is -0.275. The number of nitrogen functional groups attached to an aromatic ring is 1. The lowest BCUT2D eigenvalue weighted by Gasteiger charge is -2.06. The molecule has 0 saturated heterocycles. The molecule has 0 saturated carbocycles. The van der Waals surface area contributed by atoms with Crippen LogP contribution in [0.25, 0.3) is 0 Å². The van der Waals surface area contributed by atoms with Crippen molar-refractivity contribution in [2.24, 2.45) is 0 Å². The van der Waals surface area contributed by atoms with Crippen LogP contribution >= 0.6 is 0 Å². The number of hydrogen-bond donors (Lipinski definition) is 3. The van der Waals surface area contributed by atoms with Crippen molar-refractivity contribution in [2.45, 2.75) is 19.9 Å².